The third-order valence-electron chi connectivity index (χ3n) is 15.9. The summed E-state index contributed by atoms with van der Waals surface area (Å²) in [5.74, 6) is -2.26. The molecule has 0 heterocycles. The molecule has 0 aromatic heterocycles. The maximum Gasteiger partial charge on any atom is 0.472 e. The Labute approximate surface area is 629 Å². The van der Waals surface area contributed by atoms with E-state index < -0.39 is 97.5 Å². The summed E-state index contributed by atoms with van der Waals surface area (Å²) in [6.45, 7) is 4.39. The van der Waals surface area contributed by atoms with Crippen LogP contribution in [0.25, 0.3) is 0 Å². The fourth-order valence-corrected chi connectivity index (χ4v) is 11.6. The van der Waals surface area contributed by atoms with E-state index in [0.717, 1.165) is 218 Å². The topological polar surface area (TPSA) is 237 Å². The van der Waals surface area contributed by atoms with Gasteiger partial charge in [-0.3, -0.25) is 37.3 Å². The predicted molar refractivity (Wildman–Crippen MR) is 427 cm³/mol. The third kappa shape index (κ3) is 74.9. The smallest absolute Gasteiger partial charge is 0.462 e. The first kappa shape index (κ1) is 98.7. The molecule has 104 heavy (non-hydrogen) atoms. The van der Waals surface area contributed by atoms with Gasteiger partial charge in [-0.05, 0) is 161 Å². The lowest BCUT2D eigenvalue weighted by Gasteiger charge is -2.21. The predicted octanol–water partition coefficient (Wildman–Crippen LogP) is 23.2. The van der Waals surface area contributed by atoms with Crippen LogP contribution in [0.4, 0.5) is 0 Å². The van der Waals surface area contributed by atoms with Crippen LogP contribution in [0.1, 0.15) is 297 Å². The van der Waals surface area contributed by atoms with E-state index in [2.05, 4.69) is 186 Å². The Morgan fingerprint density at radius 3 is 0.769 bits per heavy atom. The molecule has 0 aliphatic rings. The number of unbranched alkanes of at least 4 members (excludes halogenated alkanes) is 21. The fraction of sp³-hybridized carbons (Fsp3) is 0.647. The summed E-state index contributed by atoms with van der Waals surface area (Å²) in [5, 5.41) is 10.6. The fourth-order valence-electron chi connectivity index (χ4n) is 10.0. The van der Waals surface area contributed by atoms with Gasteiger partial charge in [-0.1, -0.05) is 269 Å². The van der Waals surface area contributed by atoms with Crippen molar-refractivity contribution < 1.29 is 80.2 Å². The van der Waals surface area contributed by atoms with Crippen molar-refractivity contribution in [1.29, 1.82) is 0 Å². The van der Waals surface area contributed by atoms with Gasteiger partial charge in [-0.25, -0.2) is 9.13 Å². The van der Waals surface area contributed by atoms with Crippen molar-refractivity contribution in [3.8, 4) is 0 Å². The minimum absolute atomic E-state index is 0.0664. The maximum atomic E-state index is 13.1. The number of hydrogen-bond acceptors (Lipinski definition) is 15. The standard InChI is InChI=1S/C85H140O17P2/c1-5-9-13-17-21-25-29-33-36-38-39-41-44-47-50-54-58-62-66-70-83(88)96-76-81(102-85(90)72-68-64-60-56-52-48-42-35-31-27-23-19-15-11-7-3)78-100-104(93,94)98-74-79(86)73-97-103(91,92)99-77-80(101-84(89)71-67-63-59-55-51-45-32-28-24-20-16-12-8-4)75-95-82(87)69-65-61-57-53-49-46-43-40-37-34-30-26-22-18-14-10-6-2/h9-11,13-16,20-23,25-28,32-37,39,41-43,46,79-81,86H,5-8,12,17-19,24,29-31,38,40,44-45,47-78H2,1-4H3,(H,91,92)(H,93,94)/b13-9-,14-10-,15-11-,20-16-,25-21-,26-22-,27-23-,32-28-,36-33-,37-34-,41-39-,42-35-,46-43-. The second-order valence-electron chi connectivity index (χ2n) is 25.9. The van der Waals surface area contributed by atoms with E-state index in [1.165, 1.54) is 0 Å². The van der Waals surface area contributed by atoms with E-state index in [4.69, 9.17) is 37.0 Å². The molecule has 5 unspecified atom stereocenters. The molecule has 3 N–H and O–H groups in total. The molecule has 0 aliphatic carbocycles. The Morgan fingerprint density at radius 2 is 0.500 bits per heavy atom. The first-order valence-corrected chi connectivity index (χ1v) is 42.7. The van der Waals surface area contributed by atoms with Gasteiger partial charge in [-0.15, -0.1) is 0 Å². The number of aliphatic hydroxyl groups excluding tert-OH is 1. The molecule has 0 rings (SSSR count). The lowest BCUT2D eigenvalue weighted by atomic mass is 10.1. The Balaban J connectivity index is 5.41. The van der Waals surface area contributed by atoms with Gasteiger partial charge >= 0.3 is 39.5 Å². The van der Waals surface area contributed by atoms with Crippen molar-refractivity contribution in [3.05, 3.63) is 158 Å². The second kappa shape index (κ2) is 75.9. The number of esters is 4. The SMILES string of the molecule is CC/C=C\C/C=C\C/C=C\C/C=C\CCCCCCCCC(=O)OCC(COP(=O)(O)OCC(O)COP(=O)(O)OCC(COC(=O)CCCCCC/C=C\C/C=C\C/C=C\C/C=C\CC)OC(=O)CCCCCCC/C=C\C/C=C\CCC)OC(=O)CCCCCCC/C=C\C/C=C\C/C=C\CC. The molecule has 5 atom stereocenters. The van der Waals surface area contributed by atoms with E-state index in [1.54, 1.807) is 0 Å². The van der Waals surface area contributed by atoms with Crippen LogP contribution in [-0.4, -0.2) is 96.7 Å². The molecule has 19 heteroatoms. The highest BCUT2D eigenvalue weighted by molar-refractivity contribution is 7.47. The van der Waals surface area contributed by atoms with Crippen LogP contribution in [0.2, 0.25) is 0 Å². The van der Waals surface area contributed by atoms with Crippen molar-refractivity contribution in [2.75, 3.05) is 39.6 Å². The van der Waals surface area contributed by atoms with Crippen LogP contribution in [-0.2, 0) is 65.4 Å². The molecule has 0 radical (unpaired) electrons. The maximum absolute atomic E-state index is 13.1. The number of ether oxygens (including phenoxy) is 4. The minimum Gasteiger partial charge on any atom is -0.462 e. The Kier molecular flexibility index (Phi) is 72.0. The summed E-state index contributed by atoms with van der Waals surface area (Å²) in [5.41, 5.74) is 0. The molecule has 0 amide bonds. The Morgan fingerprint density at radius 1 is 0.279 bits per heavy atom. The van der Waals surface area contributed by atoms with Crippen molar-refractivity contribution in [1.82, 2.24) is 0 Å². The molecule has 0 fully saturated rings. The van der Waals surface area contributed by atoms with Gasteiger partial charge < -0.3 is 33.8 Å². The molecule has 0 saturated carbocycles. The van der Waals surface area contributed by atoms with Gasteiger partial charge in [0, 0.05) is 25.7 Å². The number of phosphoric ester groups is 2. The van der Waals surface area contributed by atoms with Gasteiger partial charge in [0.2, 0.25) is 0 Å². The van der Waals surface area contributed by atoms with E-state index in [1.807, 2.05) is 0 Å². The summed E-state index contributed by atoms with van der Waals surface area (Å²) in [7, 11) is -9.99. The van der Waals surface area contributed by atoms with Gasteiger partial charge in [0.05, 0.1) is 26.4 Å². The minimum atomic E-state index is -4.99. The number of carbonyl (C=O) groups is 4. The van der Waals surface area contributed by atoms with Crippen LogP contribution < -0.4 is 0 Å². The van der Waals surface area contributed by atoms with E-state index in [9.17, 15) is 43.2 Å². The number of aliphatic hydroxyl groups is 1. The number of phosphoric acid groups is 2. The first-order chi connectivity index (χ1) is 50.7. The molecule has 0 aromatic rings. The van der Waals surface area contributed by atoms with Crippen molar-refractivity contribution in [2.24, 2.45) is 0 Å². The quantitative estimate of drug-likeness (QED) is 0.0169. The zero-order valence-corrected chi connectivity index (χ0v) is 66.4. The molecular weight excluding hydrogens is 1350 g/mol. The highest BCUT2D eigenvalue weighted by Crippen LogP contribution is 2.45. The van der Waals surface area contributed by atoms with Gasteiger partial charge in [0.1, 0.15) is 19.3 Å². The van der Waals surface area contributed by atoms with E-state index >= 15 is 0 Å². The first-order valence-electron chi connectivity index (χ1n) is 39.7. The molecule has 0 bridgehead atoms. The van der Waals surface area contributed by atoms with Crippen molar-refractivity contribution in [2.45, 2.75) is 316 Å². The average molecular weight is 1500 g/mol. The Hall–Kier alpha value is -5.32. The van der Waals surface area contributed by atoms with Crippen molar-refractivity contribution in [3.63, 3.8) is 0 Å². The van der Waals surface area contributed by atoms with Crippen LogP contribution in [0.5, 0.6) is 0 Å². The number of rotatable bonds is 73. The zero-order valence-electron chi connectivity index (χ0n) is 64.6. The molecule has 592 valence electrons. The molecule has 0 spiro atoms. The van der Waals surface area contributed by atoms with Crippen LogP contribution in [0.3, 0.4) is 0 Å². The van der Waals surface area contributed by atoms with Gasteiger partial charge in [-0.2, -0.15) is 0 Å². The van der Waals surface area contributed by atoms with Crippen LogP contribution in [0.15, 0.2) is 158 Å². The second-order valence-corrected chi connectivity index (χ2v) is 28.8. The number of allylic oxidation sites excluding steroid dienone is 26. The molecule has 0 aromatic carbocycles. The summed E-state index contributed by atoms with van der Waals surface area (Å²) < 4.78 is 68.6. The monoisotopic (exact) mass is 1490 g/mol. The van der Waals surface area contributed by atoms with E-state index in [0.29, 0.717) is 25.7 Å². The van der Waals surface area contributed by atoms with Gasteiger partial charge in [0.15, 0.2) is 12.2 Å². The lowest BCUT2D eigenvalue weighted by Crippen LogP contribution is -2.30. The van der Waals surface area contributed by atoms with E-state index in [-0.39, 0.29) is 25.7 Å². The number of carbonyl (C=O) groups excluding carboxylic acids is 4. The summed E-state index contributed by atoms with van der Waals surface area (Å²) in [6.07, 6.45) is 87.9. The van der Waals surface area contributed by atoms with Crippen LogP contribution in [0, 0.1) is 0 Å². The normalized spacial score (nSPS) is 14.7. The van der Waals surface area contributed by atoms with Crippen LogP contribution >= 0.6 is 15.6 Å². The average Bonchev–Trinajstić information content (AvgIpc) is 0.911. The molecule has 0 saturated heterocycles. The summed E-state index contributed by atoms with van der Waals surface area (Å²) in [6, 6.07) is 0. The Bertz CT molecular complexity index is 2590. The molecular formula is C85H140O17P2. The zero-order chi connectivity index (χ0) is 76.0. The molecule has 0 aliphatic heterocycles. The largest absolute Gasteiger partial charge is 0.472 e. The third-order valence-corrected chi connectivity index (χ3v) is 17.9. The molecule has 17 nitrogen and oxygen atoms in total. The summed E-state index contributed by atoms with van der Waals surface area (Å²) in [4.78, 5) is 73.0. The lowest BCUT2D eigenvalue weighted by molar-refractivity contribution is -0.161. The van der Waals surface area contributed by atoms with Gasteiger partial charge in [0.25, 0.3) is 0 Å². The highest BCUT2D eigenvalue weighted by Gasteiger charge is 2.30. The summed E-state index contributed by atoms with van der Waals surface area (Å²) >= 11 is 0. The highest BCUT2D eigenvalue weighted by atomic mass is 31.2. The number of hydrogen-bond donors (Lipinski definition) is 3. The van der Waals surface area contributed by atoms with Crippen molar-refractivity contribution >= 4 is 39.5 Å².